The normalized spacial score (nSPS) is 10.7. The second kappa shape index (κ2) is 7.20. The number of carbonyl (C=O) groups excluding carboxylic acids is 1. The zero-order chi connectivity index (χ0) is 17.9. The number of aryl methyl sites for hydroxylation is 3. The molecule has 0 aliphatic carbocycles. The van der Waals surface area contributed by atoms with E-state index in [9.17, 15) is 9.59 Å². The lowest BCUT2D eigenvalue weighted by atomic mass is 10.1. The Hall–Kier alpha value is -2.77. The van der Waals surface area contributed by atoms with Gasteiger partial charge in [-0.05, 0) is 33.8 Å². The first kappa shape index (κ1) is 17.6. The van der Waals surface area contributed by atoms with Gasteiger partial charge in [0.15, 0.2) is 0 Å². The summed E-state index contributed by atoms with van der Waals surface area (Å²) in [6, 6.07) is 1.88. The van der Waals surface area contributed by atoms with Crippen molar-refractivity contribution >= 4 is 11.9 Å². The third kappa shape index (κ3) is 4.15. The van der Waals surface area contributed by atoms with Crippen molar-refractivity contribution in [3.8, 4) is 5.95 Å². The molecular weight excluding hydrogens is 310 g/mol. The molecule has 2 heterocycles. The van der Waals surface area contributed by atoms with E-state index in [1.807, 2.05) is 33.8 Å². The SMILES string of the molecule is Cc1cc(C)nc(-n2nc(C)c(CC(=O)NCCC(=O)O)c2C)n1. The summed E-state index contributed by atoms with van der Waals surface area (Å²) >= 11 is 0. The first-order valence-corrected chi connectivity index (χ1v) is 7.64. The Bertz CT molecular complexity index is 762. The van der Waals surface area contributed by atoms with Gasteiger partial charge in [0.05, 0.1) is 18.5 Å². The maximum Gasteiger partial charge on any atom is 0.305 e. The van der Waals surface area contributed by atoms with Gasteiger partial charge in [0.2, 0.25) is 5.91 Å². The summed E-state index contributed by atoms with van der Waals surface area (Å²) in [6.45, 7) is 7.58. The number of hydrogen-bond donors (Lipinski definition) is 2. The van der Waals surface area contributed by atoms with Gasteiger partial charge in [0.25, 0.3) is 5.95 Å². The summed E-state index contributed by atoms with van der Waals surface area (Å²) in [4.78, 5) is 31.2. The van der Waals surface area contributed by atoms with Crippen molar-refractivity contribution in [2.45, 2.75) is 40.5 Å². The molecule has 0 aliphatic heterocycles. The molecule has 0 saturated heterocycles. The molecule has 2 rings (SSSR count). The van der Waals surface area contributed by atoms with Crippen LogP contribution in [0, 0.1) is 27.7 Å². The van der Waals surface area contributed by atoms with Crippen molar-refractivity contribution in [3.05, 3.63) is 34.4 Å². The lowest BCUT2D eigenvalue weighted by molar-refractivity contribution is -0.136. The first-order chi connectivity index (χ1) is 11.3. The second-order valence-corrected chi connectivity index (χ2v) is 5.68. The Morgan fingerprint density at radius 1 is 1.17 bits per heavy atom. The van der Waals surface area contributed by atoms with Gasteiger partial charge in [-0.15, -0.1) is 0 Å². The smallest absolute Gasteiger partial charge is 0.305 e. The van der Waals surface area contributed by atoms with Crippen LogP contribution in [0.25, 0.3) is 5.95 Å². The predicted molar refractivity (Wildman–Crippen MR) is 87.1 cm³/mol. The third-order valence-electron chi connectivity index (χ3n) is 3.60. The summed E-state index contributed by atoms with van der Waals surface area (Å²) in [6.07, 6.45) is 0.0431. The van der Waals surface area contributed by atoms with Crippen LogP contribution in [0.2, 0.25) is 0 Å². The van der Waals surface area contributed by atoms with Crippen LogP contribution in [0.1, 0.15) is 34.8 Å². The number of hydrogen-bond acceptors (Lipinski definition) is 5. The van der Waals surface area contributed by atoms with Crippen LogP contribution < -0.4 is 5.32 Å². The molecule has 1 amide bonds. The number of carbonyl (C=O) groups is 2. The zero-order valence-corrected chi connectivity index (χ0v) is 14.3. The highest BCUT2D eigenvalue weighted by Gasteiger charge is 2.17. The lowest BCUT2D eigenvalue weighted by Crippen LogP contribution is -2.27. The van der Waals surface area contributed by atoms with E-state index in [-0.39, 0.29) is 25.3 Å². The molecule has 0 bridgehead atoms. The Balaban J connectivity index is 2.20. The molecule has 8 heteroatoms. The molecule has 0 aliphatic rings. The number of aliphatic carboxylic acids is 1. The molecular formula is C16H21N5O3. The average Bonchev–Trinajstić information content (AvgIpc) is 2.74. The molecule has 0 aromatic carbocycles. The zero-order valence-electron chi connectivity index (χ0n) is 14.3. The molecule has 128 valence electrons. The average molecular weight is 331 g/mol. The van der Waals surface area contributed by atoms with Crippen LogP contribution in [0.15, 0.2) is 6.07 Å². The van der Waals surface area contributed by atoms with Gasteiger partial charge in [0, 0.05) is 29.2 Å². The quantitative estimate of drug-likeness (QED) is 0.818. The van der Waals surface area contributed by atoms with Crippen molar-refractivity contribution in [1.29, 1.82) is 0 Å². The van der Waals surface area contributed by atoms with Crippen LogP contribution in [0.5, 0.6) is 0 Å². The fourth-order valence-corrected chi connectivity index (χ4v) is 2.46. The molecule has 0 fully saturated rings. The molecule has 2 N–H and O–H groups in total. The number of nitrogens with zero attached hydrogens (tertiary/aromatic N) is 4. The van der Waals surface area contributed by atoms with E-state index in [4.69, 9.17) is 5.11 Å². The first-order valence-electron chi connectivity index (χ1n) is 7.64. The van der Waals surface area contributed by atoms with Crippen molar-refractivity contribution in [1.82, 2.24) is 25.1 Å². The van der Waals surface area contributed by atoms with E-state index < -0.39 is 5.97 Å². The minimum absolute atomic E-state index is 0.0978. The van der Waals surface area contributed by atoms with Crippen molar-refractivity contribution in [3.63, 3.8) is 0 Å². The summed E-state index contributed by atoms with van der Waals surface area (Å²) in [5.41, 5.74) is 4.01. The fourth-order valence-electron chi connectivity index (χ4n) is 2.46. The number of rotatable bonds is 6. The predicted octanol–water partition coefficient (Wildman–Crippen LogP) is 1.03. The molecule has 0 radical (unpaired) electrons. The maximum atomic E-state index is 12.0. The Morgan fingerprint density at radius 3 is 2.38 bits per heavy atom. The molecule has 0 spiro atoms. The second-order valence-electron chi connectivity index (χ2n) is 5.68. The lowest BCUT2D eigenvalue weighted by Gasteiger charge is -2.06. The molecule has 2 aromatic rings. The minimum atomic E-state index is -0.942. The number of nitrogens with one attached hydrogen (secondary N) is 1. The maximum absolute atomic E-state index is 12.0. The number of aromatic nitrogens is 4. The topological polar surface area (TPSA) is 110 Å². The summed E-state index contributed by atoms with van der Waals surface area (Å²) in [5, 5.41) is 15.6. The highest BCUT2D eigenvalue weighted by molar-refractivity contribution is 5.79. The monoisotopic (exact) mass is 331 g/mol. The van der Waals surface area contributed by atoms with Crippen molar-refractivity contribution in [2.75, 3.05) is 6.54 Å². The fraction of sp³-hybridized carbons (Fsp3) is 0.438. The van der Waals surface area contributed by atoms with Crippen LogP contribution in [-0.2, 0) is 16.0 Å². The molecule has 0 atom stereocenters. The van der Waals surface area contributed by atoms with Gasteiger partial charge in [-0.3, -0.25) is 9.59 Å². The Morgan fingerprint density at radius 2 is 1.79 bits per heavy atom. The van der Waals surface area contributed by atoms with Gasteiger partial charge < -0.3 is 10.4 Å². The largest absolute Gasteiger partial charge is 0.481 e. The van der Waals surface area contributed by atoms with E-state index in [1.54, 1.807) is 4.68 Å². The van der Waals surface area contributed by atoms with Crippen LogP contribution >= 0.6 is 0 Å². The van der Waals surface area contributed by atoms with Crippen LogP contribution in [0.4, 0.5) is 0 Å². The highest BCUT2D eigenvalue weighted by Crippen LogP contribution is 2.17. The van der Waals surface area contributed by atoms with E-state index in [0.717, 1.165) is 28.3 Å². The molecule has 0 saturated carbocycles. The van der Waals surface area contributed by atoms with Crippen LogP contribution in [-0.4, -0.2) is 43.3 Å². The Kier molecular flexibility index (Phi) is 5.28. The van der Waals surface area contributed by atoms with Gasteiger partial charge in [0.1, 0.15) is 0 Å². The van der Waals surface area contributed by atoms with Crippen molar-refractivity contribution in [2.24, 2.45) is 0 Å². The molecule has 0 unspecified atom stereocenters. The third-order valence-corrected chi connectivity index (χ3v) is 3.60. The van der Waals surface area contributed by atoms with E-state index in [1.165, 1.54) is 0 Å². The molecule has 24 heavy (non-hydrogen) atoms. The summed E-state index contributed by atoms with van der Waals surface area (Å²) < 4.78 is 1.63. The van der Waals surface area contributed by atoms with Gasteiger partial charge in [-0.25, -0.2) is 14.6 Å². The van der Waals surface area contributed by atoms with Gasteiger partial charge >= 0.3 is 5.97 Å². The van der Waals surface area contributed by atoms with Crippen LogP contribution in [0.3, 0.4) is 0 Å². The molecule has 8 nitrogen and oxygen atoms in total. The van der Waals surface area contributed by atoms with E-state index >= 15 is 0 Å². The van der Waals surface area contributed by atoms with E-state index in [2.05, 4.69) is 20.4 Å². The van der Waals surface area contributed by atoms with Crippen molar-refractivity contribution < 1.29 is 14.7 Å². The van der Waals surface area contributed by atoms with E-state index in [0.29, 0.717) is 5.95 Å². The highest BCUT2D eigenvalue weighted by atomic mass is 16.4. The standard InChI is InChI=1S/C16H21N5O3/c1-9-7-10(2)19-16(18-9)21-12(4)13(11(3)20-21)8-14(22)17-6-5-15(23)24/h7H,5-6,8H2,1-4H3,(H,17,22)(H,23,24). The Labute approximate surface area is 139 Å². The molecule has 2 aromatic heterocycles. The minimum Gasteiger partial charge on any atom is -0.481 e. The van der Waals surface area contributed by atoms with Gasteiger partial charge in [-0.1, -0.05) is 0 Å². The number of carboxylic acid groups (broad SMARTS) is 1. The number of amides is 1. The number of carboxylic acids is 1. The summed E-state index contributed by atoms with van der Waals surface area (Å²) in [7, 11) is 0. The van der Waals surface area contributed by atoms with Gasteiger partial charge in [-0.2, -0.15) is 5.10 Å². The summed E-state index contributed by atoms with van der Waals surface area (Å²) in [5.74, 6) is -0.698.